The van der Waals surface area contributed by atoms with Crippen molar-refractivity contribution >= 4 is 17.7 Å². The first-order chi connectivity index (χ1) is 11.0. The van der Waals surface area contributed by atoms with E-state index < -0.39 is 11.5 Å². The molecule has 118 valence electrons. The van der Waals surface area contributed by atoms with Gasteiger partial charge in [0.1, 0.15) is 17.4 Å². The van der Waals surface area contributed by atoms with Gasteiger partial charge in [0.2, 0.25) is 0 Å². The molecule has 0 unspecified atom stereocenters. The molecule has 7 nitrogen and oxygen atoms in total. The van der Waals surface area contributed by atoms with Gasteiger partial charge >= 0.3 is 5.97 Å². The smallest absolute Gasteiger partial charge is 0.338 e. The van der Waals surface area contributed by atoms with Gasteiger partial charge in [0, 0.05) is 5.56 Å². The molecule has 8 heteroatoms. The highest BCUT2D eigenvalue weighted by atomic mass is 32.2. The largest absolute Gasteiger partial charge is 0.497 e. The van der Waals surface area contributed by atoms with Crippen molar-refractivity contribution < 1.29 is 14.3 Å². The molecular formula is C15H13N3O4S. The van der Waals surface area contributed by atoms with Crippen molar-refractivity contribution in [1.82, 2.24) is 9.97 Å². The highest BCUT2D eigenvalue weighted by molar-refractivity contribution is 7.98. The summed E-state index contributed by atoms with van der Waals surface area (Å²) in [5, 5.41) is 9.60. The minimum absolute atomic E-state index is 0.133. The maximum absolute atomic E-state index is 12.0. The summed E-state index contributed by atoms with van der Waals surface area (Å²) in [6.07, 6.45) is 1.75. The Morgan fingerprint density at radius 3 is 2.65 bits per heavy atom. The molecule has 23 heavy (non-hydrogen) atoms. The Balaban J connectivity index is 2.76. The van der Waals surface area contributed by atoms with Gasteiger partial charge in [-0.1, -0.05) is 11.8 Å². The number of esters is 1. The number of nitrogens with one attached hydrogen (secondary N) is 1. The van der Waals surface area contributed by atoms with Crippen LogP contribution in [0.15, 0.2) is 28.2 Å². The lowest BCUT2D eigenvalue weighted by atomic mass is 10.0. The molecule has 0 saturated carbocycles. The molecule has 0 bridgehead atoms. The fourth-order valence-electron chi connectivity index (χ4n) is 1.95. The Morgan fingerprint density at radius 2 is 2.09 bits per heavy atom. The third kappa shape index (κ3) is 3.35. The Morgan fingerprint density at radius 1 is 1.35 bits per heavy atom. The van der Waals surface area contributed by atoms with Gasteiger partial charge in [-0.25, -0.2) is 9.78 Å². The normalized spacial score (nSPS) is 10.0. The van der Waals surface area contributed by atoms with Crippen LogP contribution in [-0.4, -0.2) is 36.4 Å². The second kappa shape index (κ2) is 6.98. The average molecular weight is 331 g/mol. The van der Waals surface area contributed by atoms with E-state index >= 15 is 0 Å². The number of hydrogen-bond acceptors (Lipinski definition) is 7. The molecule has 0 aliphatic heterocycles. The molecule has 1 aromatic carbocycles. The van der Waals surface area contributed by atoms with Crippen molar-refractivity contribution in [2.45, 2.75) is 5.16 Å². The summed E-state index contributed by atoms with van der Waals surface area (Å²) in [6.45, 7) is 0. The lowest BCUT2D eigenvalue weighted by molar-refractivity contribution is 0.0600. The minimum Gasteiger partial charge on any atom is -0.497 e. The van der Waals surface area contributed by atoms with E-state index in [2.05, 4.69) is 9.97 Å². The van der Waals surface area contributed by atoms with Crippen LogP contribution in [0.5, 0.6) is 5.75 Å². The lowest BCUT2D eigenvalue weighted by Gasteiger charge is -2.09. The zero-order chi connectivity index (χ0) is 17.0. The number of nitrogens with zero attached hydrogens (tertiary/aromatic N) is 2. The van der Waals surface area contributed by atoms with Gasteiger partial charge in [0.15, 0.2) is 5.16 Å². The van der Waals surface area contributed by atoms with Gasteiger partial charge < -0.3 is 14.5 Å². The number of thioether (sulfide) groups is 1. The molecule has 0 spiro atoms. The molecule has 0 atom stereocenters. The topological polar surface area (TPSA) is 105 Å². The predicted octanol–water partition coefficient (Wildman–Crippen LogP) is 1.83. The lowest BCUT2D eigenvalue weighted by Crippen LogP contribution is -2.14. The molecule has 0 fully saturated rings. The monoisotopic (exact) mass is 331 g/mol. The van der Waals surface area contributed by atoms with E-state index in [-0.39, 0.29) is 16.8 Å². The van der Waals surface area contributed by atoms with Crippen LogP contribution in [-0.2, 0) is 4.74 Å². The summed E-state index contributed by atoms with van der Waals surface area (Å²) in [5.41, 5.74) is 0.169. The minimum atomic E-state index is -0.557. The molecule has 1 aromatic heterocycles. The molecule has 2 rings (SSSR count). The highest BCUT2D eigenvalue weighted by Gasteiger charge is 2.17. The predicted molar refractivity (Wildman–Crippen MR) is 84.7 cm³/mol. The van der Waals surface area contributed by atoms with Crippen LogP contribution < -0.4 is 10.3 Å². The summed E-state index contributed by atoms with van der Waals surface area (Å²) >= 11 is 1.24. The molecule has 0 saturated heterocycles. The van der Waals surface area contributed by atoms with E-state index in [0.717, 1.165) is 0 Å². The first-order valence-electron chi connectivity index (χ1n) is 6.40. The third-order valence-electron chi connectivity index (χ3n) is 3.04. The van der Waals surface area contributed by atoms with Crippen LogP contribution in [0.1, 0.15) is 15.9 Å². The molecule has 0 aliphatic carbocycles. The Hall–Kier alpha value is -2.79. The van der Waals surface area contributed by atoms with E-state index in [1.165, 1.54) is 38.1 Å². The number of hydrogen-bond donors (Lipinski definition) is 1. The summed E-state index contributed by atoms with van der Waals surface area (Å²) in [7, 11) is 2.71. The number of aromatic nitrogens is 2. The van der Waals surface area contributed by atoms with Gasteiger partial charge in [-0.2, -0.15) is 5.26 Å². The fraction of sp³-hybridized carbons (Fsp3) is 0.200. The zero-order valence-electron chi connectivity index (χ0n) is 12.7. The van der Waals surface area contributed by atoms with Crippen LogP contribution >= 0.6 is 11.8 Å². The molecule has 0 radical (unpaired) electrons. The number of H-pyrrole nitrogens is 1. The zero-order valence-corrected chi connectivity index (χ0v) is 13.5. The van der Waals surface area contributed by atoms with Gasteiger partial charge in [-0.05, 0) is 24.5 Å². The number of nitriles is 1. The number of ether oxygens (including phenoxy) is 2. The maximum atomic E-state index is 12.0. The van der Waals surface area contributed by atoms with Crippen molar-refractivity contribution in [3.63, 3.8) is 0 Å². The molecule has 0 amide bonds. The number of benzene rings is 1. The van der Waals surface area contributed by atoms with Crippen LogP contribution in [0.3, 0.4) is 0 Å². The van der Waals surface area contributed by atoms with Crippen molar-refractivity contribution in [2.75, 3.05) is 20.5 Å². The Labute approximate surface area is 136 Å². The van der Waals surface area contributed by atoms with Crippen LogP contribution in [0.25, 0.3) is 11.3 Å². The van der Waals surface area contributed by atoms with E-state index in [4.69, 9.17) is 9.47 Å². The van der Waals surface area contributed by atoms with Crippen molar-refractivity contribution in [3.8, 4) is 23.1 Å². The third-order valence-corrected chi connectivity index (χ3v) is 3.62. The van der Waals surface area contributed by atoms with Gasteiger partial charge in [-0.15, -0.1) is 0 Å². The summed E-state index contributed by atoms with van der Waals surface area (Å²) in [5.74, 6) is -0.168. The van der Waals surface area contributed by atoms with E-state index in [9.17, 15) is 14.9 Å². The first kappa shape index (κ1) is 16.6. The molecular weight excluding hydrogens is 318 g/mol. The maximum Gasteiger partial charge on any atom is 0.338 e. The number of carbonyl (C=O) groups is 1. The number of rotatable bonds is 4. The second-order valence-electron chi connectivity index (χ2n) is 4.35. The summed E-state index contributed by atoms with van der Waals surface area (Å²) in [6, 6.07) is 6.44. The molecule has 0 aliphatic rings. The first-order valence-corrected chi connectivity index (χ1v) is 7.62. The van der Waals surface area contributed by atoms with Crippen molar-refractivity contribution in [2.24, 2.45) is 0 Å². The van der Waals surface area contributed by atoms with E-state index in [1.54, 1.807) is 12.3 Å². The fourth-order valence-corrected chi connectivity index (χ4v) is 2.33. The van der Waals surface area contributed by atoms with E-state index in [0.29, 0.717) is 16.5 Å². The van der Waals surface area contributed by atoms with Crippen LogP contribution in [0, 0.1) is 11.3 Å². The van der Waals surface area contributed by atoms with Crippen molar-refractivity contribution in [3.05, 3.63) is 39.7 Å². The average Bonchev–Trinajstić information content (AvgIpc) is 2.59. The van der Waals surface area contributed by atoms with Gasteiger partial charge in [-0.3, -0.25) is 4.79 Å². The summed E-state index contributed by atoms with van der Waals surface area (Å²) < 4.78 is 9.86. The SMILES string of the molecule is COC(=O)c1cc(OC)cc(-c2nc(SC)[nH]c(=O)c2C#N)c1. The van der Waals surface area contributed by atoms with Gasteiger partial charge in [0.25, 0.3) is 5.56 Å². The Kier molecular flexibility index (Phi) is 5.03. The highest BCUT2D eigenvalue weighted by Crippen LogP contribution is 2.27. The Bertz CT molecular complexity index is 855. The van der Waals surface area contributed by atoms with Crippen molar-refractivity contribution in [1.29, 1.82) is 5.26 Å². The molecule has 1 N–H and O–H groups in total. The number of methoxy groups -OCH3 is 2. The quantitative estimate of drug-likeness (QED) is 0.517. The van der Waals surface area contributed by atoms with Gasteiger partial charge in [0.05, 0.1) is 25.5 Å². The van der Waals surface area contributed by atoms with Crippen LogP contribution in [0.4, 0.5) is 0 Å². The summed E-state index contributed by atoms with van der Waals surface area (Å²) in [4.78, 5) is 30.6. The number of aromatic amines is 1. The number of carbonyl (C=O) groups excluding carboxylic acids is 1. The second-order valence-corrected chi connectivity index (χ2v) is 5.15. The van der Waals surface area contributed by atoms with E-state index in [1.807, 2.05) is 6.07 Å². The standard InChI is InChI=1S/C15H13N3O4S/c1-21-10-5-8(4-9(6-10)14(20)22-2)12-11(7-16)13(19)18-15(17-12)23-3/h4-6H,1-3H3,(H,17,18,19). The van der Waals surface area contributed by atoms with Crippen LogP contribution in [0.2, 0.25) is 0 Å². The molecule has 2 aromatic rings. The molecule has 1 heterocycles.